The Labute approximate surface area is 192 Å². The van der Waals surface area contributed by atoms with E-state index in [2.05, 4.69) is 30.8 Å². The maximum atomic E-state index is 12.5. The van der Waals surface area contributed by atoms with Crippen molar-refractivity contribution in [1.82, 2.24) is 25.5 Å². The van der Waals surface area contributed by atoms with E-state index in [-0.39, 0.29) is 30.4 Å². The van der Waals surface area contributed by atoms with Crippen LogP contribution in [-0.4, -0.2) is 70.0 Å². The van der Waals surface area contributed by atoms with Gasteiger partial charge < -0.3 is 21.1 Å². The second kappa shape index (κ2) is 11.9. The first-order valence-corrected chi connectivity index (χ1v) is 11.0. The molecule has 2 atom stereocenters. The molecule has 0 unspecified atom stereocenters. The van der Waals surface area contributed by atoms with E-state index in [1.807, 2.05) is 37.4 Å². The van der Waals surface area contributed by atoms with Crippen molar-refractivity contribution < 1.29 is 19.5 Å². The van der Waals surface area contributed by atoms with Crippen LogP contribution in [-0.2, 0) is 9.59 Å². The molecule has 1 aromatic heterocycles. The fourth-order valence-electron chi connectivity index (χ4n) is 3.78. The SMILES string of the molecule is CN1[C@@H](CC(=O)NC2CC2)CC[C@H]1CNC(=O)c1cnc(Nc2ccccc2)nc1.O=CO. The van der Waals surface area contributed by atoms with Gasteiger partial charge in [-0.05, 0) is 44.9 Å². The van der Waals surface area contributed by atoms with Crippen LogP contribution in [0.25, 0.3) is 0 Å². The Bertz CT molecular complexity index is 920. The van der Waals surface area contributed by atoms with Crippen LogP contribution in [0.4, 0.5) is 11.6 Å². The third kappa shape index (κ3) is 7.53. The van der Waals surface area contributed by atoms with E-state index in [1.54, 1.807) is 0 Å². The standard InChI is InChI=1S/C22H28N6O2.CH2O2/c1-28-18(11-20(29)26-17-7-8-17)9-10-19(28)14-23-21(30)15-12-24-22(25-13-15)27-16-5-3-2-4-6-16;2-1-3/h2-6,12-13,17-19H,7-11,14H2,1H3,(H,23,30)(H,26,29)(H,24,25,27);1H,(H,2,3)/t18-,19+;/m1./s1. The Kier molecular flexibility index (Phi) is 8.71. The quantitative estimate of drug-likeness (QED) is 0.443. The summed E-state index contributed by atoms with van der Waals surface area (Å²) in [5.74, 6) is 0.394. The maximum Gasteiger partial charge on any atom is 0.290 e. The van der Waals surface area contributed by atoms with Gasteiger partial charge in [-0.25, -0.2) is 9.97 Å². The van der Waals surface area contributed by atoms with Crippen LogP contribution in [0.2, 0.25) is 0 Å². The molecule has 10 heteroatoms. The molecule has 10 nitrogen and oxygen atoms in total. The van der Waals surface area contributed by atoms with Crippen molar-refractivity contribution >= 4 is 29.9 Å². The Morgan fingerprint density at radius 2 is 1.73 bits per heavy atom. The monoisotopic (exact) mass is 454 g/mol. The van der Waals surface area contributed by atoms with Gasteiger partial charge in [-0.2, -0.15) is 0 Å². The number of hydrogen-bond acceptors (Lipinski definition) is 7. The molecular weight excluding hydrogens is 424 g/mol. The molecule has 2 aliphatic rings. The first-order chi connectivity index (χ1) is 16.0. The molecule has 1 aliphatic heterocycles. The van der Waals surface area contributed by atoms with Gasteiger partial charge in [0.15, 0.2) is 0 Å². The summed E-state index contributed by atoms with van der Waals surface area (Å²) in [5, 5.41) is 16.0. The molecule has 1 saturated heterocycles. The highest BCUT2D eigenvalue weighted by Gasteiger charge is 2.33. The van der Waals surface area contributed by atoms with E-state index < -0.39 is 0 Å². The smallest absolute Gasteiger partial charge is 0.290 e. The van der Waals surface area contributed by atoms with Gasteiger partial charge in [0.25, 0.3) is 12.4 Å². The lowest BCUT2D eigenvalue weighted by atomic mass is 10.1. The number of nitrogens with zero attached hydrogens (tertiary/aromatic N) is 3. The third-order valence-corrected chi connectivity index (χ3v) is 5.79. The van der Waals surface area contributed by atoms with Gasteiger partial charge in [0.2, 0.25) is 11.9 Å². The topological polar surface area (TPSA) is 137 Å². The molecular formula is C23H30N6O4. The van der Waals surface area contributed by atoms with Crippen molar-refractivity contribution in [1.29, 1.82) is 0 Å². The lowest BCUT2D eigenvalue weighted by Crippen LogP contribution is -2.42. The molecule has 33 heavy (non-hydrogen) atoms. The summed E-state index contributed by atoms with van der Waals surface area (Å²) in [6, 6.07) is 10.5. The molecule has 176 valence electrons. The van der Waals surface area contributed by atoms with Gasteiger partial charge in [-0.1, -0.05) is 18.2 Å². The molecule has 4 rings (SSSR count). The molecule has 1 aliphatic carbocycles. The Morgan fingerprint density at radius 1 is 1.09 bits per heavy atom. The van der Waals surface area contributed by atoms with Crippen molar-refractivity contribution in [2.75, 3.05) is 18.9 Å². The van der Waals surface area contributed by atoms with Crippen LogP contribution in [0.1, 0.15) is 42.5 Å². The Hall–Kier alpha value is -3.53. The van der Waals surface area contributed by atoms with Crippen molar-refractivity contribution in [3.05, 3.63) is 48.3 Å². The largest absolute Gasteiger partial charge is 0.483 e. The van der Waals surface area contributed by atoms with Gasteiger partial charge >= 0.3 is 0 Å². The molecule has 2 aromatic rings. The average Bonchev–Trinajstić information content (AvgIpc) is 3.56. The number of likely N-dealkylation sites (tertiary alicyclic amines) is 1. The number of carbonyl (C=O) groups is 3. The first-order valence-electron chi connectivity index (χ1n) is 11.0. The van der Waals surface area contributed by atoms with Crippen molar-refractivity contribution in [3.63, 3.8) is 0 Å². The summed E-state index contributed by atoms with van der Waals surface area (Å²) < 4.78 is 0. The van der Waals surface area contributed by atoms with Crippen molar-refractivity contribution in [3.8, 4) is 0 Å². The minimum absolute atomic E-state index is 0.139. The number of para-hydroxylation sites is 1. The number of likely N-dealkylation sites (N-methyl/N-ethyl adjacent to an activating group) is 1. The van der Waals surface area contributed by atoms with E-state index in [9.17, 15) is 9.59 Å². The predicted molar refractivity (Wildman–Crippen MR) is 123 cm³/mol. The number of hydrogen-bond donors (Lipinski definition) is 4. The minimum atomic E-state index is -0.250. The van der Waals surface area contributed by atoms with Gasteiger partial charge in [0, 0.05) is 49.2 Å². The van der Waals surface area contributed by atoms with Crippen LogP contribution in [0.15, 0.2) is 42.7 Å². The second-order valence-corrected chi connectivity index (χ2v) is 8.20. The summed E-state index contributed by atoms with van der Waals surface area (Å²) in [7, 11) is 2.03. The third-order valence-electron chi connectivity index (χ3n) is 5.79. The average molecular weight is 455 g/mol. The fourth-order valence-corrected chi connectivity index (χ4v) is 3.78. The zero-order chi connectivity index (χ0) is 23.6. The summed E-state index contributed by atoms with van der Waals surface area (Å²) >= 11 is 0. The number of rotatable bonds is 8. The van der Waals surface area contributed by atoms with Crippen molar-refractivity contribution in [2.45, 2.75) is 50.2 Å². The summed E-state index contributed by atoms with van der Waals surface area (Å²) in [6.45, 7) is 0.292. The van der Waals surface area contributed by atoms with Crippen LogP contribution in [0, 0.1) is 0 Å². The summed E-state index contributed by atoms with van der Waals surface area (Å²) in [4.78, 5) is 43.6. The fraction of sp³-hybridized carbons (Fsp3) is 0.435. The molecule has 0 radical (unpaired) electrons. The number of anilines is 2. The summed E-state index contributed by atoms with van der Waals surface area (Å²) in [6.07, 6.45) is 7.73. The highest BCUT2D eigenvalue weighted by atomic mass is 16.3. The number of carbonyl (C=O) groups excluding carboxylic acids is 2. The number of carboxylic acid groups (broad SMARTS) is 1. The van der Waals surface area contributed by atoms with E-state index in [0.717, 1.165) is 31.4 Å². The summed E-state index contributed by atoms with van der Waals surface area (Å²) in [5.41, 5.74) is 1.31. The normalized spacial score (nSPS) is 19.7. The zero-order valence-electron chi connectivity index (χ0n) is 18.6. The highest BCUT2D eigenvalue weighted by molar-refractivity contribution is 5.93. The predicted octanol–water partition coefficient (Wildman–Crippen LogP) is 1.78. The van der Waals surface area contributed by atoms with Gasteiger partial charge in [0.05, 0.1) is 5.56 Å². The highest BCUT2D eigenvalue weighted by Crippen LogP contribution is 2.25. The van der Waals surface area contributed by atoms with E-state index in [4.69, 9.17) is 9.90 Å². The van der Waals surface area contributed by atoms with E-state index in [1.165, 1.54) is 12.4 Å². The lowest BCUT2D eigenvalue weighted by molar-refractivity contribution is -0.123. The van der Waals surface area contributed by atoms with Crippen molar-refractivity contribution in [2.24, 2.45) is 0 Å². The molecule has 1 aromatic carbocycles. The van der Waals surface area contributed by atoms with E-state index >= 15 is 0 Å². The minimum Gasteiger partial charge on any atom is -0.483 e. The molecule has 2 amide bonds. The van der Waals surface area contributed by atoms with Crippen LogP contribution < -0.4 is 16.0 Å². The molecule has 0 spiro atoms. The first kappa shape index (κ1) is 24.1. The second-order valence-electron chi connectivity index (χ2n) is 8.20. The molecule has 0 bridgehead atoms. The molecule has 1 saturated carbocycles. The van der Waals surface area contributed by atoms with Gasteiger partial charge in [-0.15, -0.1) is 0 Å². The lowest BCUT2D eigenvalue weighted by Gasteiger charge is -2.25. The zero-order valence-corrected chi connectivity index (χ0v) is 18.6. The Morgan fingerprint density at radius 3 is 2.36 bits per heavy atom. The molecule has 4 N–H and O–H groups in total. The number of amides is 2. The van der Waals surface area contributed by atoms with Crippen LogP contribution in [0.5, 0.6) is 0 Å². The maximum absolute atomic E-state index is 12.5. The number of nitrogens with one attached hydrogen (secondary N) is 3. The number of benzene rings is 1. The van der Waals surface area contributed by atoms with Gasteiger partial charge in [-0.3, -0.25) is 19.3 Å². The molecule has 2 fully saturated rings. The van der Waals surface area contributed by atoms with Gasteiger partial charge in [0.1, 0.15) is 0 Å². The Balaban J connectivity index is 0.000000968. The van der Waals surface area contributed by atoms with E-state index in [0.29, 0.717) is 30.5 Å². The van der Waals surface area contributed by atoms with Crippen LogP contribution in [0.3, 0.4) is 0 Å². The molecule has 2 heterocycles. The van der Waals surface area contributed by atoms with Crippen LogP contribution >= 0.6 is 0 Å². The number of aromatic nitrogens is 2.